The molecule has 1 unspecified atom stereocenters. The summed E-state index contributed by atoms with van der Waals surface area (Å²) in [6, 6.07) is 1.49. The van der Waals surface area contributed by atoms with Crippen LogP contribution in [0.1, 0.15) is 25.5 Å². The molecule has 0 amide bonds. The molecule has 2 heterocycles. The Kier molecular flexibility index (Phi) is 5.25. The number of hydrogen-bond donors (Lipinski definition) is 2. The van der Waals surface area contributed by atoms with Gasteiger partial charge >= 0.3 is 0 Å². The Morgan fingerprint density at radius 1 is 1.50 bits per heavy atom. The zero-order valence-electron chi connectivity index (χ0n) is 11.3. The summed E-state index contributed by atoms with van der Waals surface area (Å²) in [6.45, 7) is 4.07. The van der Waals surface area contributed by atoms with Gasteiger partial charge in [0.25, 0.3) is 0 Å². The van der Waals surface area contributed by atoms with E-state index in [2.05, 4.69) is 25.6 Å². The Balaban J connectivity index is 2.01. The van der Waals surface area contributed by atoms with Crippen LogP contribution in [-0.4, -0.2) is 44.1 Å². The molecule has 0 saturated carbocycles. The maximum atomic E-state index is 12.2. The molecule has 8 heteroatoms. The molecule has 2 rings (SSSR count). The SMILES string of the molecule is CC(CNS(=O)(=O)c1cc(CO)oc1Br)N1CCCC1. The molecule has 1 aliphatic rings. The summed E-state index contributed by atoms with van der Waals surface area (Å²) >= 11 is 3.06. The molecular weight excluding hydrogens is 348 g/mol. The highest BCUT2D eigenvalue weighted by Gasteiger charge is 2.24. The lowest BCUT2D eigenvalue weighted by Crippen LogP contribution is -2.40. The van der Waals surface area contributed by atoms with Gasteiger partial charge in [-0.05, 0) is 48.8 Å². The molecule has 0 aromatic carbocycles. The van der Waals surface area contributed by atoms with Gasteiger partial charge in [0.1, 0.15) is 17.3 Å². The number of hydrogen-bond acceptors (Lipinski definition) is 5. The Hall–Kier alpha value is -0.410. The van der Waals surface area contributed by atoms with Crippen LogP contribution in [-0.2, 0) is 16.6 Å². The van der Waals surface area contributed by atoms with Crippen LogP contribution in [0.4, 0.5) is 0 Å². The van der Waals surface area contributed by atoms with Crippen molar-refractivity contribution in [3.8, 4) is 0 Å². The van der Waals surface area contributed by atoms with Gasteiger partial charge in [-0.25, -0.2) is 13.1 Å². The van der Waals surface area contributed by atoms with E-state index < -0.39 is 10.0 Å². The summed E-state index contributed by atoms with van der Waals surface area (Å²) in [6.07, 6.45) is 2.34. The summed E-state index contributed by atoms with van der Waals surface area (Å²) in [4.78, 5) is 2.29. The monoisotopic (exact) mass is 366 g/mol. The highest BCUT2D eigenvalue weighted by molar-refractivity contribution is 9.10. The number of rotatable bonds is 6. The van der Waals surface area contributed by atoms with Crippen LogP contribution in [0.25, 0.3) is 0 Å². The number of aliphatic hydroxyl groups excluding tert-OH is 1. The van der Waals surface area contributed by atoms with Crippen molar-refractivity contribution in [3.63, 3.8) is 0 Å². The molecule has 2 N–H and O–H groups in total. The maximum absolute atomic E-state index is 12.2. The Bertz CT molecular complexity index is 552. The minimum atomic E-state index is -3.63. The second-order valence-electron chi connectivity index (χ2n) is 4.95. The number of likely N-dealkylation sites (tertiary alicyclic amines) is 1. The van der Waals surface area contributed by atoms with E-state index in [4.69, 9.17) is 9.52 Å². The second kappa shape index (κ2) is 6.57. The van der Waals surface area contributed by atoms with Crippen molar-refractivity contribution in [2.75, 3.05) is 19.6 Å². The fraction of sp³-hybridized carbons (Fsp3) is 0.667. The van der Waals surface area contributed by atoms with Crippen LogP contribution in [0.2, 0.25) is 0 Å². The molecule has 114 valence electrons. The van der Waals surface area contributed by atoms with Gasteiger partial charge in [-0.1, -0.05) is 0 Å². The first-order valence-electron chi connectivity index (χ1n) is 6.57. The summed E-state index contributed by atoms with van der Waals surface area (Å²) in [5.74, 6) is 0.213. The van der Waals surface area contributed by atoms with Gasteiger partial charge in [-0.15, -0.1) is 0 Å². The number of nitrogens with zero attached hydrogens (tertiary/aromatic N) is 1. The molecule has 1 atom stereocenters. The third kappa shape index (κ3) is 3.62. The molecule has 1 aliphatic heterocycles. The van der Waals surface area contributed by atoms with E-state index in [-0.39, 0.29) is 28.0 Å². The highest BCUT2D eigenvalue weighted by atomic mass is 79.9. The van der Waals surface area contributed by atoms with Crippen LogP contribution >= 0.6 is 15.9 Å². The quantitative estimate of drug-likeness (QED) is 0.792. The van der Waals surface area contributed by atoms with Crippen LogP contribution in [0.5, 0.6) is 0 Å². The lowest BCUT2D eigenvalue weighted by atomic mass is 10.3. The average molecular weight is 367 g/mol. The minimum Gasteiger partial charge on any atom is -0.450 e. The van der Waals surface area contributed by atoms with Crippen molar-refractivity contribution in [1.82, 2.24) is 9.62 Å². The molecule has 0 radical (unpaired) electrons. The van der Waals surface area contributed by atoms with E-state index in [1.54, 1.807) is 0 Å². The van der Waals surface area contributed by atoms with Crippen molar-refractivity contribution < 1.29 is 17.9 Å². The summed E-state index contributed by atoms with van der Waals surface area (Å²) in [5, 5.41) is 8.97. The minimum absolute atomic E-state index is 0.0233. The van der Waals surface area contributed by atoms with Gasteiger partial charge in [0.05, 0.1) is 0 Å². The van der Waals surface area contributed by atoms with Crippen LogP contribution in [0.3, 0.4) is 0 Å². The average Bonchev–Trinajstić information content (AvgIpc) is 3.05. The fourth-order valence-electron chi connectivity index (χ4n) is 2.28. The van der Waals surface area contributed by atoms with Crippen molar-refractivity contribution >= 4 is 26.0 Å². The standard InChI is InChI=1S/C12H19BrN2O4S/c1-9(15-4-2-3-5-15)7-14-20(17,18)11-6-10(8-16)19-12(11)13/h6,9,14,16H,2-5,7-8H2,1H3. The van der Waals surface area contributed by atoms with E-state index in [9.17, 15) is 8.42 Å². The molecule has 1 aromatic heterocycles. The summed E-state index contributed by atoms with van der Waals surface area (Å²) in [7, 11) is -3.63. The lowest BCUT2D eigenvalue weighted by Gasteiger charge is -2.23. The fourth-order valence-corrected chi connectivity index (χ4v) is 4.40. The van der Waals surface area contributed by atoms with Crippen LogP contribution in [0.15, 0.2) is 20.0 Å². The lowest BCUT2D eigenvalue weighted by molar-refractivity contribution is 0.245. The van der Waals surface area contributed by atoms with E-state index in [1.165, 1.54) is 18.9 Å². The van der Waals surface area contributed by atoms with Gasteiger partial charge in [0.2, 0.25) is 10.0 Å². The summed E-state index contributed by atoms with van der Waals surface area (Å²) < 4.78 is 32.2. The number of furan rings is 1. The molecule has 0 aliphatic carbocycles. The molecular formula is C12H19BrN2O4S. The molecule has 1 aromatic rings. The molecule has 1 fully saturated rings. The first-order chi connectivity index (χ1) is 9.44. The largest absolute Gasteiger partial charge is 0.450 e. The van der Waals surface area contributed by atoms with Gasteiger partial charge in [-0.2, -0.15) is 0 Å². The number of aliphatic hydroxyl groups is 1. The number of nitrogens with one attached hydrogen (secondary N) is 1. The van der Waals surface area contributed by atoms with Crippen LogP contribution in [0, 0.1) is 0 Å². The van der Waals surface area contributed by atoms with Crippen molar-refractivity contribution in [1.29, 1.82) is 0 Å². The first kappa shape index (κ1) is 16.0. The molecule has 0 bridgehead atoms. The summed E-state index contributed by atoms with van der Waals surface area (Å²) in [5.41, 5.74) is 0. The third-order valence-electron chi connectivity index (χ3n) is 3.48. The highest BCUT2D eigenvalue weighted by Crippen LogP contribution is 2.26. The first-order valence-corrected chi connectivity index (χ1v) is 8.84. The van der Waals surface area contributed by atoms with Crippen molar-refractivity contribution in [2.45, 2.75) is 37.3 Å². The van der Waals surface area contributed by atoms with Gasteiger partial charge in [-0.3, -0.25) is 4.90 Å². The van der Waals surface area contributed by atoms with Gasteiger partial charge in [0.15, 0.2) is 4.67 Å². The molecule has 1 saturated heterocycles. The van der Waals surface area contributed by atoms with Crippen molar-refractivity contribution in [3.05, 3.63) is 16.5 Å². The molecule has 6 nitrogen and oxygen atoms in total. The second-order valence-corrected chi connectivity index (χ2v) is 7.41. The zero-order valence-corrected chi connectivity index (χ0v) is 13.7. The Morgan fingerprint density at radius 2 is 2.15 bits per heavy atom. The smallest absolute Gasteiger partial charge is 0.245 e. The third-order valence-corrected chi connectivity index (χ3v) is 5.77. The van der Waals surface area contributed by atoms with Gasteiger partial charge < -0.3 is 9.52 Å². The number of halogens is 1. The molecule has 0 spiro atoms. The van der Waals surface area contributed by atoms with E-state index in [1.807, 2.05) is 6.92 Å². The maximum Gasteiger partial charge on any atom is 0.245 e. The zero-order chi connectivity index (χ0) is 14.8. The predicted molar refractivity (Wildman–Crippen MR) is 77.8 cm³/mol. The Labute approximate surface area is 127 Å². The number of sulfonamides is 1. The van der Waals surface area contributed by atoms with E-state index >= 15 is 0 Å². The predicted octanol–water partition coefficient (Wildman–Crippen LogP) is 1.30. The normalized spacial score (nSPS) is 18.6. The van der Waals surface area contributed by atoms with E-state index in [0.717, 1.165) is 13.1 Å². The van der Waals surface area contributed by atoms with Crippen LogP contribution < -0.4 is 4.72 Å². The molecule has 20 heavy (non-hydrogen) atoms. The topological polar surface area (TPSA) is 82.8 Å². The van der Waals surface area contributed by atoms with Gasteiger partial charge in [0, 0.05) is 18.7 Å². The Morgan fingerprint density at radius 3 is 2.70 bits per heavy atom. The van der Waals surface area contributed by atoms with E-state index in [0.29, 0.717) is 6.54 Å². The van der Waals surface area contributed by atoms with Crippen molar-refractivity contribution in [2.24, 2.45) is 0 Å².